The second kappa shape index (κ2) is 4.28. The molecule has 1 aromatic rings. The van der Waals surface area contributed by atoms with Crippen molar-refractivity contribution in [1.29, 1.82) is 0 Å². The summed E-state index contributed by atoms with van der Waals surface area (Å²) in [7, 11) is 0. The van der Waals surface area contributed by atoms with Crippen molar-refractivity contribution in [2.75, 3.05) is 6.61 Å². The first-order valence-electron chi connectivity index (χ1n) is 4.73. The number of hydrogen-bond acceptors (Lipinski definition) is 2. The molecular formula is C12H12O2. The lowest BCUT2D eigenvalue weighted by atomic mass is 10.2. The Morgan fingerprint density at radius 3 is 2.79 bits per heavy atom. The highest BCUT2D eigenvalue weighted by Crippen LogP contribution is 2.23. The van der Waals surface area contributed by atoms with Gasteiger partial charge in [0.15, 0.2) is 0 Å². The Morgan fingerprint density at radius 1 is 1.29 bits per heavy atom. The van der Waals surface area contributed by atoms with Crippen molar-refractivity contribution in [3.63, 3.8) is 0 Å². The van der Waals surface area contributed by atoms with Crippen LogP contribution in [0.4, 0.5) is 0 Å². The molecule has 2 rings (SSSR count). The average Bonchev–Trinajstić information content (AvgIpc) is 2.96. The zero-order valence-corrected chi connectivity index (χ0v) is 7.81. The van der Waals surface area contributed by atoms with Gasteiger partial charge in [0.2, 0.25) is 0 Å². The normalized spacial score (nSPS) is 23.8. The van der Waals surface area contributed by atoms with Gasteiger partial charge in [0.25, 0.3) is 0 Å². The summed E-state index contributed by atoms with van der Waals surface area (Å²) in [5.74, 6) is 6.06. The van der Waals surface area contributed by atoms with E-state index in [1.54, 1.807) is 0 Å². The number of benzene rings is 1. The number of aliphatic hydroxyl groups is 1. The standard InChI is InChI=1S/C12H12O2/c13-9-8-12-11(14-12)7-6-10-4-2-1-3-5-10/h1-5,11-13H,8-9H2/t11-,12-/m0/s1. The van der Waals surface area contributed by atoms with Gasteiger partial charge in [-0.05, 0) is 12.1 Å². The van der Waals surface area contributed by atoms with Crippen LogP contribution < -0.4 is 0 Å². The molecule has 1 aliphatic heterocycles. The molecule has 1 saturated heterocycles. The second-order valence-electron chi connectivity index (χ2n) is 3.24. The molecule has 0 aliphatic carbocycles. The first kappa shape index (κ1) is 9.26. The zero-order chi connectivity index (χ0) is 9.80. The lowest BCUT2D eigenvalue weighted by Crippen LogP contribution is -1.94. The summed E-state index contributed by atoms with van der Waals surface area (Å²) in [4.78, 5) is 0. The van der Waals surface area contributed by atoms with E-state index in [4.69, 9.17) is 9.84 Å². The van der Waals surface area contributed by atoms with Gasteiger partial charge in [-0.2, -0.15) is 0 Å². The van der Waals surface area contributed by atoms with Gasteiger partial charge < -0.3 is 9.84 Å². The van der Waals surface area contributed by atoms with Crippen molar-refractivity contribution in [2.24, 2.45) is 0 Å². The van der Waals surface area contributed by atoms with Gasteiger partial charge in [-0.1, -0.05) is 30.0 Å². The van der Waals surface area contributed by atoms with Crippen LogP contribution >= 0.6 is 0 Å². The summed E-state index contributed by atoms with van der Waals surface area (Å²) in [5, 5.41) is 8.65. The Bertz CT molecular complexity index is 348. The van der Waals surface area contributed by atoms with E-state index in [1.165, 1.54) is 0 Å². The molecule has 1 N–H and O–H groups in total. The third kappa shape index (κ3) is 2.35. The van der Waals surface area contributed by atoms with Crippen LogP contribution in [0.1, 0.15) is 12.0 Å². The summed E-state index contributed by atoms with van der Waals surface area (Å²) in [6.07, 6.45) is 0.868. The monoisotopic (exact) mass is 188 g/mol. The van der Waals surface area contributed by atoms with E-state index < -0.39 is 0 Å². The topological polar surface area (TPSA) is 32.8 Å². The number of epoxide rings is 1. The van der Waals surface area contributed by atoms with Gasteiger partial charge >= 0.3 is 0 Å². The molecule has 2 atom stereocenters. The van der Waals surface area contributed by atoms with Crippen LogP contribution in [0.25, 0.3) is 0 Å². The van der Waals surface area contributed by atoms with Crippen molar-refractivity contribution >= 4 is 0 Å². The van der Waals surface area contributed by atoms with Crippen molar-refractivity contribution in [1.82, 2.24) is 0 Å². The molecule has 0 saturated carbocycles. The number of ether oxygens (including phenoxy) is 1. The van der Waals surface area contributed by atoms with E-state index in [2.05, 4.69) is 11.8 Å². The van der Waals surface area contributed by atoms with E-state index in [0.717, 1.165) is 5.56 Å². The van der Waals surface area contributed by atoms with E-state index in [1.807, 2.05) is 30.3 Å². The molecule has 0 unspecified atom stereocenters. The first-order valence-corrected chi connectivity index (χ1v) is 4.73. The highest BCUT2D eigenvalue weighted by molar-refractivity contribution is 5.35. The summed E-state index contributed by atoms with van der Waals surface area (Å²) < 4.78 is 5.25. The predicted molar refractivity (Wildman–Crippen MR) is 53.7 cm³/mol. The Morgan fingerprint density at radius 2 is 2.07 bits per heavy atom. The van der Waals surface area contributed by atoms with E-state index in [9.17, 15) is 0 Å². The minimum Gasteiger partial charge on any atom is -0.396 e. The molecule has 1 fully saturated rings. The predicted octanol–water partition coefficient (Wildman–Crippen LogP) is 1.19. The molecule has 1 aliphatic rings. The molecular weight excluding hydrogens is 176 g/mol. The van der Waals surface area contributed by atoms with Crippen LogP contribution in [0, 0.1) is 11.8 Å². The molecule has 0 amide bonds. The molecule has 72 valence electrons. The largest absolute Gasteiger partial charge is 0.396 e. The van der Waals surface area contributed by atoms with Gasteiger partial charge in [-0.25, -0.2) is 0 Å². The molecule has 0 aromatic heterocycles. The zero-order valence-electron chi connectivity index (χ0n) is 7.81. The van der Waals surface area contributed by atoms with Gasteiger partial charge in [-0.3, -0.25) is 0 Å². The minimum absolute atomic E-state index is 0.0300. The highest BCUT2D eigenvalue weighted by atomic mass is 16.6. The Hall–Kier alpha value is -1.30. The average molecular weight is 188 g/mol. The Kier molecular flexibility index (Phi) is 2.83. The van der Waals surface area contributed by atoms with Crippen LogP contribution in [0.2, 0.25) is 0 Å². The molecule has 2 nitrogen and oxygen atoms in total. The minimum atomic E-state index is 0.0300. The highest BCUT2D eigenvalue weighted by Gasteiger charge is 2.36. The summed E-state index contributed by atoms with van der Waals surface area (Å²) in [6.45, 7) is 0.175. The van der Waals surface area contributed by atoms with Crippen LogP contribution in [-0.4, -0.2) is 23.9 Å². The van der Waals surface area contributed by atoms with E-state index in [-0.39, 0.29) is 18.8 Å². The Balaban J connectivity index is 1.90. The SMILES string of the molecule is OCC[C@@H]1O[C@H]1C#Cc1ccccc1. The van der Waals surface area contributed by atoms with E-state index in [0.29, 0.717) is 6.42 Å². The van der Waals surface area contributed by atoms with Crippen molar-refractivity contribution < 1.29 is 9.84 Å². The summed E-state index contributed by atoms with van der Waals surface area (Å²) >= 11 is 0. The lowest BCUT2D eigenvalue weighted by Gasteiger charge is -1.85. The van der Waals surface area contributed by atoms with Crippen LogP contribution in [0.15, 0.2) is 30.3 Å². The summed E-state index contributed by atoms with van der Waals surface area (Å²) in [6, 6.07) is 9.83. The quantitative estimate of drug-likeness (QED) is 0.558. The summed E-state index contributed by atoms with van der Waals surface area (Å²) in [5.41, 5.74) is 1.01. The molecule has 1 heterocycles. The second-order valence-corrected chi connectivity index (χ2v) is 3.24. The van der Waals surface area contributed by atoms with Crippen LogP contribution in [0.5, 0.6) is 0 Å². The van der Waals surface area contributed by atoms with Crippen LogP contribution in [0.3, 0.4) is 0 Å². The maximum atomic E-state index is 8.65. The van der Waals surface area contributed by atoms with Crippen molar-refractivity contribution in [3.8, 4) is 11.8 Å². The van der Waals surface area contributed by atoms with Gasteiger partial charge in [0, 0.05) is 18.6 Å². The molecule has 0 spiro atoms. The van der Waals surface area contributed by atoms with Gasteiger partial charge in [0.05, 0.1) is 6.10 Å². The maximum absolute atomic E-state index is 8.65. The third-order valence-corrected chi connectivity index (χ3v) is 2.13. The maximum Gasteiger partial charge on any atom is 0.145 e. The number of aliphatic hydroxyl groups excluding tert-OH is 1. The fraction of sp³-hybridized carbons (Fsp3) is 0.333. The van der Waals surface area contributed by atoms with Gasteiger partial charge in [0.1, 0.15) is 6.10 Å². The lowest BCUT2D eigenvalue weighted by molar-refractivity contribution is 0.263. The van der Waals surface area contributed by atoms with Gasteiger partial charge in [-0.15, -0.1) is 0 Å². The molecule has 1 aromatic carbocycles. The number of rotatable bonds is 2. The number of hydrogen-bond donors (Lipinski definition) is 1. The fourth-order valence-electron chi connectivity index (χ4n) is 1.29. The van der Waals surface area contributed by atoms with Crippen LogP contribution in [-0.2, 0) is 4.74 Å². The van der Waals surface area contributed by atoms with Crippen molar-refractivity contribution in [2.45, 2.75) is 18.6 Å². The van der Waals surface area contributed by atoms with E-state index >= 15 is 0 Å². The molecule has 2 heteroatoms. The Labute approximate surface area is 83.5 Å². The molecule has 14 heavy (non-hydrogen) atoms. The molecule has 0 radical (unpaired) electrons. The third-order valence-electron chi connectivity index (χ3n) is 2.13. The van der Waals surface area contributed by atoms with Crippen molar-refractivity contribution in [3.05, 3.63) is 35.9 Å². The fourth-order valence-corrected chi connectivity index (χ4v) is 1.29. The molecule has 0 bridgehead atoms. The smallest absolute Gasteiger partial charge is 0.145 e. The first-order chi connectivity index (χ1) is 6.90.